The fraction of sp³-hybridized carbons (Fsp3) is 0.0714. The molecule has 0 aliphatic rings. The number of aromatic amines is 1. The number of fused-ring (bicyclic) bond motifs is 1. The van der Waals surface area contributed by atoms with Gasteiger partial charge in [-0.15, -0.1) is 0 Å². The lowest BCUT2D eigenvalue weighted by atomic mass is 10.2. The standard InChI is InChI=1S/C14H10BrClN2S/c15-10-3-1-9(2-4-10)8-19-14-17-12-6-5-11(16)7-13(12)18-14/h1-7H,8H2,(H,17,18). The molecule has 19 heavy (non-hydrogen) atoms. The molecule has 0 spiro atoms. The highest BCUT2D eigenvalue weighted by Crippen LogP contribution is 2.25. The maximum Gasteiger partial charge on any atom is 0.166 e. The van der Waals surface area contributed by atoms with Gasteiger partial charge in [-0.05, 0) is 35.9 Å². The highest BCUT2D eigenvalue weighted by atomic mass is 79.9. The molecule has 0 amide bonds. The average molecular weight is 354 g/mol. The van der Waals surface area contributed by atoms with Crippen molar-refractivity contribution in [2.24, 2.45) is 0 Å². The Hall–Kier alpha value is -0.970. The van der Waals surface area contributed by atoms with E-state index >= 15 is 0 Å². The van der Waals surface area contributed by atoms with Crippen molar-refractivity contribution >= 4 is 50.3 Å². The number of aromatic nitrogens is 2. The maximum absolute atomic E-state index is 5.96. The third-order valence-corrected chi connectivity index (χ3v) is 4.42. The summed E-state index contributed by atoms with van der Waals surface area (Å²) < 4.78 is 1.10. The molecule has 0 saturated carbocycles. The first-order valence-corrected chi connectivity index (χ1v) is 7.89. The Kier molecular flexibility index (Phi) is 3.82. The monoisotopic (exact) mass is 352 g/mol. The van der Waals surface area contributed by atoms with Crippen LogP contribution < -0.4 is 0 Å². The molecule has 5 heteroatoms. The summed E-state index contributed by atoms with van der Waals surface area (Å²) in [6.07, 6.45) is 0. The van der Waals surface area contributed by atoms with Crippen molar-refractivity contribution in [3.63, 3.8) is 0 Å². The van der Waals surface area contributed by atoms with Crippen LogP contribution in [0.3, 0.4) is 0 Å². The van der Waals surface area contributed by atoms with Crippen molar-refractivity contribution < 1.29 is 0 Å². The van der Waals surface area contributed by atoms with Gasteiger partial charge in [0.25, 0.3) is 0 Å². The molecule has 2 aromatic carbocycles. The molecule has 1 N–H and O–H groups in total. The molecular weight excluding hydrogens is 344 g/mol. The number of thioether (sulfide) groups is 1. The van der Waals surface area contributed by atoms with E-state index in [0.717, 1.165) is 31.4 Å². The third kappa shape index (κ3) is 3.14. The molecule has 0 unspecified atom stereocenters. The van der Waals surface area contributed by atoms with Gasteiger partial charge in [0.1, 0.15) is 0 Å². The second-order valence-corrected chi connectivity index (χ2v) is 6.43. The summed E-state index contributed by atoms with van der Waals surface area (Å²) in [4.78, 5) is 7.80. The molecule has 0 aliphatic carbocycles. The Labute approximate surface area is 128 Å². The highest BCUT2D eigenvalue weighted by Gasteiger charge is 2.04. The molecule has 0 fully saturated rings. The van der Waals surface area contributed by atoms with Gasteiger partial charge in [0.15, 0.2) is 5.16 Å². The van der Waals surface area contributed by atoms with Crippen LogP contribution in [0.25, 0.3) is 11.0 Å². The van der Waals surface area contributed by atoms with Crippen molar-refractivity contribution in [1.82, 2.24) is 9.97 Å². The van der Waals surface area contributed by atoms with E-state index in [1.807, 2.05) is 30.3 Å². The van der Waals surface area contributed by atoms with Crippen molar-refractivity contribution in [2.45, 2.75) is 10.9 Å². The van der Waals surface area contributed by atoms with E-state index < -0.39 is 0 Å². The lowest BCUT2D eigenvalue weighted by Gasteiger charge is -1.99. The number of benzene rings is 2. The number of nitrogens with one attached hydrogen (secondary N) is 1. The van der Waals surface area contributed by atoms with Crippen LogP contribution in [0.5, 0.6) is 0 Å². The number of hydrogen-bond donors (Lipinski definition) is 1. The van der Waals surface area contributed by atoms with E-state index in [1.165, 1.54) is 5.56 Å². The number of H-pyrrole nitrogens is 1. The fourth-order valence-electron chi connectivity index (χ4n) is 1.76. The second-order valence-electron chi connectivity index (χ2n) is 4.12. The summed E-state index contributed by atoms with van der Waals surface area (Å²) in [6.45, 7) is 0. The van der Waals surface area contributed by atoms with Gasteiger partial charge in [0.2, 0.25) is 0 Å². The molecule has 0 saturated heterocycles. The van der Waals surface area contributed by atoms with Gasteiger partial charge in [-0.1, -0.05) is 51.4 Å². The molecule has 0 aliphatic heterocycles. The lowest BCUT2D eigenvalue weighted by Crippen LogP contribution is -1.81. The molecule has 2 nitrogen and oxygen atoms in total. The van der Waals surface area contributed by atoms with Crippen molar-refractivity contribution in [2.75, 3.05) is 0 Å². The van der Waals surface area contributed by atoms with Crippen LogP contribution in [0, 0.1) is 0 Å². The molecule has 0 bridgehead atoms. The van der Waals surface area contributed by atoms with Crippen molar-refractivity contribution in [1.29, 1.82) is 0 Å². The molecule has 3 rings (SSSR count). The first-order valence-electron chi connectivity index (χ1n) is 5.73. The van der Waals surface area contributed by atoms with Crippen LogP contribution in [-0.4, -0.2) is 9.97 Å². The molecule has 0 radical (unpaired) electrons. The van der Waals surface area contributed by atoms with Crippen LogP contribution in [0.1, 0.15) is 5.56 Å². The number of imidazole rings is 1. The SMILES string of the molecule is Clc1ccc2nc(SCc3ccc(Br)cc3)[nH]c2c1. The smallest absolute Gasteiger partial charge is 0.166 e. The van der Waals surface area contributed by atoms with Crippen LogP contribution in [0.15, 0.2) is 52.1 Å². The number of rotatable bonds is 3. The Bertz CT molecular complexity index is 709. The first kappa shape index (κ1) is 13.0. The first-order chi connectivity index (χ1) is 9.20. The third-order valence-electron chi connectivity index (χ3n) is 2.71. The van der Waals surface area contributed by atoms with Gasteiger partial charge in [-0.3, -0.25) is 0 Å². The van der Waals surface area contributed by atoms with Crippen molar-refractivity contribution in [3.05, 3.63) is 57.5 Å². The summed E-state index contributed by atoms with van der Waals surface area (Å²) >= 11 is 11.1. The summed E-state index contributed by atoms with van der Waals surface area (Å²) in [5, 5.41) is 1.64. The lowest BCUT2D eigenvalue weighted by molar-refractivity contribution is 1.08. The van der Waals surface area contributed by atoms with Gasteiger partial charge in [0, 0.05) is 15.2 Å². The zero-order valence-corrected chi connectivity index (χ0v) is 13.0. The molecule has 3 aromatic rings. The summed E-state index contributed by atoms with van der Waals surface area (Å²) in [6, 6.07) is 14.0. The number of nitrogens with zero attached hydrogens (tertiary/aromatic N) is 1. The Balaban J connectivity index is 1.76. The normalized spacial score (nSPS) is 11.1. The van der Waals surface area contributed by atoms with Gasteiger partial charge >= 0.3 is 0 Å². The van der Waals surface area contributed by atoms with Gasteiger partial charge < -0.3 is 4.98 Å². The van der Waals surface area contributed by atoms with E-state index in [4.69, 9.17) is 11.6 Å². The number of halogens is 2. The van der Waals surface area contributed by atoms with Crippen LogP contribution in [0.4, 0.5) is 0 Å². The van der Waals surface area contributed by atoms with Crippen LogP contribution in [-0.2, 0) is 5.75 Å². The molecular formula is C14H10BrClN2S. The predicted molar refractivity (Wildman–Crippen MR) is 84.8 cm³/mol. The Morgan fingerprint density at radius 3 is 2.74 bits per heavy atom. The van der Waals surface area contributed by atoms with Crippen molar-refractivity contribution in [3.8, 4) is 0 Å². The summed E-state index contributed by atoms with van der Waals surface area (Å²) in [5.41, 5.74) is 3.19. The van der Waals surface area contributed by atoms with E-state index in [0.29, 0.717) is 0 Å². The second kappa shape index (κ2) is 5.57. The van der Waals surface area contributed by atoms with Gasteiger partial charge in [-0.2, -0.15) is 0 Å². The largest absolute Gasteiger partial charge is 0.333 e. The Morgan fingerprint density at radius 1 is 1.16 bits per heavy atom. The predicted octanol–water partition coefficient (Wildman–Crippen LogP) is 5.27. The van der Waals surface area contributed by atoms with Gasteiger partial charge in [0.05, 0.1) is 11.0 Å². The number of hydrogen-bond acceptors (Lipinski definition) is 2. The average Bonchev–Trinajstić information content (AvgIpc) is 2.80. The van der Waals surface area contributed by atoms with Crippen LogP contribution in [0.2, 0.25) is 5.02 Å². The summed E-state index contributed by atoms with van der Waals surface area (Å²) in [5.74, 6) is 0.890. The minimum atomic E-state index is 0.723. The van der Waals surface area contributed by atoms with E-state index in [1.54, 1.807) is 11.8 Å². The van der Waals surface area contributed by atoms with Gasteiger partial charge in [-0.25, -0.2) is 4.98 Å². The zero-order valence-electron chi connectivity index (χ0n) is 9.86. The zero-order chi connectivity index (χ0) is 13.2. The molecule has 1 aromatic heterocycles. The quantitative estimate of drug-likeness (QED) is 0.650. The van der Waals surface area contributed by atoms with Crippen LogP contribution >= 0.6 is 39.3 Å². The minimum Gasteiger partial charge on any atom is -0.333 e. The molecule has 1 heterocycles. The highest BCUT2D eigenvalue weighted by molar-refractivity contribution is 9.10. The molecule has 96 valence electrons. The van der Waals surface area contributed by atoms with E-state index in [9.17, 15) is 0 Å². The minimum absolute atomic E-state index is 0.723. The summed E-state index contributed by atoms with van der Waals surface area (Å²) in [7, 11) is 0. The fourth-order valence-corrected chi connectivity index (χ4v) is 3.04. The molecule has 0 atom stereocenters. The maximum atomic E-state index is 5.96. The van der Waals surface area contributed by atoms with E-state index in [2.05, 4.69) is 38.0 Å². The Morgan fingerprint density at radius 2 is 1.95 bits per heavy atom. The van der Waals surface area contributed by atoms with E-state index in [-0.39, 0.29) is 0 Å². The topological polar surface area (TPSA) is 28.7 Å².